The van der Waals surface area contributed by atoms with Gasteiger partial charge in [0.25, 0.3) is 11.8 Å². The van der Waals surface area contributed by atoms with Gasteiger partial charge in [0, 0.05) is 28.4 Å². The van der Waals surface area contributed by atoms with Gasteiger partial charge < -0.3 is 5.32 Å². The predicted octanol–water partition coefficient (Wildman–Crippen LogP) is 5.31. The van der Waals surface area contributed by atoms with Gasteiger partial charge >= 0.3 is 0 Å². The Kier molecular flexibility index (Phi) is 5.45. The molecule has 0 bridgehead atoms. The lowest BCUT2D eigenvalue weighted by Gasteiger charge is -2.11. The van der Waals surface area contributed by atoms with Crippen molar-refractivity contribution in [1.29, 1.82) is 0 Å². The number of hydrogen-bond donors (Lipinski definition) is 2. The number of hydrogen-bond acceptors (Lipinski definition) is 4. The van der Waals surface area contributed by atoms with Crippen molar-refractivity contribution in [3.63, 3.8) is 0 Å². The maximum Gasteiger partial charge on any atom is 0.257 e. The Hall–Kier alpha value is -3.77. The number of rotatable bonds is 5. The molecule has 0 saturated carbocycles. The predicted molar refractivity (Wildman–Crippen MR) is 116 cm³/mol. The van der Waals surface area contributed by atoms with Crippen LogP contribution >= 0.6 is 11.3 Å². The monoisotopic (exact) mass is 399 g/mol. The number of aromatic nitrogens is 1. The number of anilines is 2. The van der Waals surface area contributed by atoms with Crippen LogP contribution in [-0.2, 0) is 0 Å². The molecule has 4 rings (SSSR count). The molecule has 0 spiro atoms. The standard InChI is InChI=1S/C23H17N3O2S/c27-21(26-23-24-14-15-29-23)17-10-12-18(13-11-17)25-22(28)20-9-5-4-8-19(20)16-6-2-1-3-7-16/h1-15H,(H,25,28)(H,24,26,27). The summed E-state index contributed by atoms with van der Waals surface area (Å²) in [6, 6.07) is 24.0. The van der Waals surface area contributed by atoms with Crippen molar-refractivity contribution >= 4 is 34.0 Å². The minimum absolute atomic E-state index is 0.204. The molecule has 2 amide bonds. The second-order valence-corrected chi connectivity index (χ2v) is 7.13. The molecular weight excluding hydrogens is 382 g/mol. The molecule has 0 aliphatic heterocycles. The van der Waals surface area contributed by atoms with E-state index in [9.17, 15) is 9.59 Å². The Labute approximate surface area is 172 Å². The number of thiazole rings is 1. The summed E-state index contributed by atoms with van der Waals surface area (Å²) in [5, 5.41) is 7.97. The number of carbonyl (C=O) groups is 2. The van der Waals surface area contributed by atoms with E-state index in [1.807, 2.05) is 48.5 Å². The second kappa shape index (κ2) is 8.50. The van der Waals surface area contributed by atoms with Crippen LogP contribution < -0.4 is 10.6 Å². The van der Waals surface area contributed by atoms with E-state index in [0.717, 1.165) is 11.1 Å². The molecule has 0 aliphatic rings. The van der Waals surface area contributed by atoms with Gasteiger partial charge in [-0.25, -0.2) is 4.98 Å². The van der Waals surface area contributed by atoms with Crippen LogP contribution in [0.5, 0.6) is 0 Å². The van der Waals surface area contributed by atoms with Crippen LogP contribution in [0.4, 0.5) is 10.8 Å². The van der Waals surface area contributed by atoms with Crippen LogP contribution in [0.3, 0.4) is 0 Å². The normalized spacial score (nSPS) is 10.3. The highest BCUT2D eigenvalue weighted by Crippen LogP contribution is 2.24. The van der Waals surface area contributed by atoms with Crippen LogP contribution in [0.15, 0.2) is 90.4 Å². The zero-order valence-electron chi connectivity index (χ0n) is 15.3. The minimum atomic E-state index is -0.243. The summed E-state index contributed by atoms with van der Waals surface area (Å²) in [6.45, 7) is 0. The van der Waals surface area contributed by atoms with Crippen LogP contribution in [0.1, 0.15) is 20.7 Å². The number of nitrogens with one attached hydrogen (secondary N) is 2. The van der Waals surface area contributed by atoms with Crippen LogP contribution in [0.25, 0.3) is 11.1 Å². The highest BCUT2D eigenvalue weighted by Gasteiger charge is 2.13. The molecular formula is C23H17N3O2S. The third-order valence-corrected chi connectivity index (χ3v) is 5.00. The lowest BCUT2D eigenvalue weighted by Crippen LogP contribution is -2.14. The molecule has 2 N–H and O–H groups in total. The molecule has 0 radical (unpaired) electrons. The zero-order chi connectivity index (χ0) is 20.1. The lowest BCUT2D eigenvalue weighted by molar-refractivity contribution is 0.102. The van der Waals surface area contributed by atoms with Gasteiger partial charge in [0.2, 0.25) is 0 Å². The highest BCUT2D eigenvalue weighted by molar-refractivity contribution is 7.13. The molecule has 5 nitrogen and oxygen atoms in total. The first-order chi connectivity index (χ1) is 14.2. The maximum absolute atomic E-state index is 12.8. The van der Waals surface area contributed by atoms with Gasteiger partial charge in [0.1, 0.15) is 0 Å². The fourth-order valence-electron chi connectivity index (χ4n) is 2.91. The van der Waals surface area contributed by atoms with Gasteiger partial charge in [0.15, 0.2) is 5.13 Å². The largest absolute Gasteiger partial charge is 0.322 e. The van der Waals surface area contributed by atoms with E-state index in [2.05, 4.69) is 15.6 Å². The van der Waals surface area contributed by atoms with Crippen LogP contribution in [0, 0.1) is 0 Å². The zero-order valence-corrected chi connectivity index (χ0v) is 16.1. The summed E-state index contributed by atoms with van der Waals surface area (Å²) in [5.74, 6) is -0.448. The Morgan fingerprint density at radius 3 is 2.21 bits per heavy atom. The second-order valence-electron chi connectivity index (χ2n) is 6.23. The van der Waals surface area contributed by atoms with Crippen molar-refractivity contribution in [1.82, 2.24) is 4.98 Å². The number of benzene rings is 3. The molecule has 0 atom stereocenters. The highest BCUT2D eigenvalue weighted by atomic mass is 32.1. The van der Waals surface area contributed by atoms with Crippen LogP contribution in [-0.4, -0.2) is 16.8 Å². The maximum atomic E-state index is 12.8. The molecule has 6 heteroatoms. The van der Waals surface area contributed by atoms with Gasteiger partial charge in [0.05, 0.1) is 0 Å². The summed E-state index contributed by atoms with van der Waals surface area (Å²) in [5.41, 5.74) is 3.54. The number of carbonyl (C=O) groups excluding carboxylic acids is 2. The fraction of sp³-hybridized carbons (Fsp3) is 0. The van der Waals surface area contributed by atoms with Gasteiger partial charge in [-0.1, -0.05) is 48.5 Å². The van der Waals surface area contributed by atoms with E-state index >= 15 is 0 Å². The SMILES string of the molecule is O=C(Nc1nccs1)c1ccc(NC(=O)c2ccccc2-c2ccccc2)cc1. The van der Waals surface area contributed by atoms with E-state index in [-0.39, 0.29) is 11.8 Å². The van der Waals surface area contributed by atoms with E-state index in [1.54, 1.807) is 41.9 Å². The summed E-state index contributed by atoms with van der Waals surface area (Å²) >= 11 is 1.35. The summed E-state index contributed by atoms with van der Waals surface area (Å²) in [7, 11) is 0. The molecule has 0 aliphatic carbocycles. The van der Waals surface area contributed by atoms with E-state index < -0.39 is 0 Å². The Balaban J connectivity index is 1.49. The van der Waals surface area contributed by atoms with E-state index in [4.69, 9.17) is 0 Å². The summed E-state index contributed by atoms with van der Waals surface area (Å²) < 4.78 is 0. The van der Waals surface area contributed by atoms with Crippen molar-refractivity contribution < 1.29 is 9.59 Å². The summed E-state index contributed by atoms with van der Waals surface area (Å²) in [6.07, 6.45) is 1.63. The smallest absolute Gasteiger partial charge is 0.257 e. The molecule has 0 fully saturated rings. The fourth-order valence-corrected chi connectivity index (χ4v) is 3.43. The van der Waals surface area contributed by atoms with Gasteiger partial charge in [-0.2, -0.15) is 0 Å². The quantitative estimate of drug-likeness (QED) is 0.477. The molecule has 29 heavy (non-hydrogen) atoms. The average molecular weight is 399 g/mol. The third kappa shape index (κ3) is 4.39. The first kappa shape index (κ1) is 18.6. The van der Waals surface area contributed by atoms with Crippen molar-refractivity contribution in [3.05, 3.63) is 102 Å². The Bertz CT molecular complexity index is 1120. The van der Waals surface area contributed by atoms with Crippen molar-refractivity contribution in [3.8, 4) is 11.1 Å². The first-order valence-electron chi connectivity index (χ1n) is 8.97. The first-order valence-corrected chi connectivity index (χ1v) is 9.85. The van der Waals surface area contributed by atoms with Crippen LogP contribution in [0.2, 0.25) is 0 Å². The van der Waals surface area contributed by atoms with Gasteiger partial charge in [-0.15, -0.1) is 11.3 Å². The molecule has 4 aromatic rings. The number of nitrogens with zero attached hydrogens (tertiary/aromatic N) is 1. The van der Waals surface area contributed by atoms with Gasteiger partial charge in [-0.3, -0.25) is 14.9 Å². The summed E-state index contributed by atoms with van der Waals surface area (Å²) in [4.78, 5) is 29.1. The molecule has 1 heterocycles. The van der Waals surface area contributed by atoms with Crippen molar-refractivity contribution in [2.75, 3.05) is 10.6 Å². The van der Waals surface area contributed by atoms with Crippen molar-refractivity contribution in [2.45, 2.75) is 0 Å². The molecule has 3 aromatic carbocycles. The molecule has 0 saturated heterocycles. The molecule has 0 unspecified atom stereocenters. The number of amides is 2. The third-order valence-electron chi connectivity index (χ3n) is 4.31. The molecule has 142 valence electrons. The van der Waals surface area contributed by atoms with Gasteiger partial charge in [-0.05, 0) is 41.5 Å². The lowest BCUT2D eigenvalue weighted by atomic mass is 9.99. The van der Waals surface area contributed by atoms with E-state index in [1.165, 1.54) is 11.3 Å². The van der Waals surface area contributed by atoms with E-state index in [0.29, 0.717) is 21.9 Å². The Morgan fingerprint density at radius 1 is 0.759 bits per heavy atom. The Morgan fingerprint density at radius 2 is 1.48 bits per heavy atom. The minimum Gasteiger partial charge on any atom is -0.322 e. The molecule has 1 aromatic heterocycles. The average Bonchev–Trinajstić information content (AvgIpc) is 3.28. The van der Waals surface area contributed by atoms with Crippen molar-refractivity contribution in [2.24, 2.45) is 0 Å². The topological polar surface area (TPSA) is 71.1 Å².